The number of hydrogen-bond donors (Lipinski definition) is 1. The summed E-state index contributed by atoms with van der Waals surface area (Å²) in [7, 11) is 1.00. The molecule has 0 atom stereocenters. The van der Waals surface area contributed by atoms with E-state index in [1.807, 2.05) is 84.9 Å². The van der Waals surface area contributed by atoms with Gasteiger partial charge in [0.15, 0.2) is 11.6 Å². The van der Waals surface area contributed by atoms with Crippen molar-refractivity contribution in [3.05, 3.63) is 69.8 Å². The Morgan fingerprint density at radius 2 is 1.29 bits per heavy atom. The van der Waals surface area contributed by atoms with Crippen LogP contribution < -0.4 is 0 Å². The summed E-state index contributed by atoms with van der Waals surface area (Å²) in [4.78, 5) is 23.0. The molecule has 0 bridgehead atoms. The fourth-order valence-electron chi connectivity index (χ4n) is 3.09. The van der Waals surface area contributed by atoms with E-state index in [0.717, 1.165) is 35.1 Å². The molecule has 0 aromatic heterocycles. The Balaban J connectivity index is 0. The fourth-order valence-corrected chi connectivity index (χ4v) is 3.09. The normalized spacial score (nSPS) is 9.79. The summed E-state index contributed by atoms with van der Waals surface area (Å²) < 4.78 is 0. The first-order valence-electron chi connectivity index (χ1n) is 11.6. The molecule has 2 aromatic carbocycles. The highest BCUT2D eigenvalue weighted by atomic mass is 16.2. The van der Waals surface area contributed by atoms with E-state index in [1.165, 1.54) is 0 Å². The Kier molecular flexibility index (Phi) is 17.8. The van der Waals surface area contributed by atoms with Crippen molar-refractivity contribution < 1.29 is 14.7 Å². The van der Waals surface area contributed by atoms with Gasteiger partial charge in [-0.2, -0.15) is 15.3 Å². The van der Waals surface area contributed by atoms with Gasteiger partial charge in [-0.15, -0.1) is 0 Å². The van der Waals surface area contributed by atoms with Gasteiger partial charge >= 0.3 is 0 Å². The van der Waals surface area contributed by atoms with Gasteiger partial charge < -0.3 is 5.11 Å². The molecule has 34 heavy (non-hydrogen) atoms. The molecule has 0 aliphatic heterocycles. The zero-order valence-electron chi connectivity index (χ0n) is 22.7. The van der Waals surface area contributed by atoms with Gasteiger partial charge in [0.1, 0.15) is 0 Å². The maximum absolute atomic E-state index is 11.6. The molecular formula is C28H43N3O3. The topological polar surface area (TPSA) is 82.3 Å². The van der Waals surface area contributed by atoms with Crippen molar-refractivity contribution in [2.75, 3.05) is 7.11 Å². The van der Waals surface area contributed by atoms with Crippen LogP contribution >= 0.6 is 0 Å². The van der Waals surface area contributed by atoms with Gasteiger partial charge in [0.05, 0.1) is 6.54 Å². The second kappa shape index (κ2) is 18.3. The highest BCUT2D eigenvalue weighted by Crippen LogP contribution is 2.20. The van der Waals surface area contributed by atoms with Gasteiger partial charge in [0, 0.05) is 37.1 Å². The predicted molar refractivity (Wildman–Crippen MR) is 145 cm³/mol. The molecule has 0 heterocycles. The molecule has 0 aliphatic rings. The lowest BCUT2D eigenvalue weighted by atomic mass is 9.98. The molecule has 0 aliphatic carbocycles. The third-order valence-corrected chi connectivity index (χ3v) is 4.67. The first kappa shape index (κ1) is 33.1. The summed E-state index contributed by atoms with van der Waals surface area (Å²) >= 11 is 0. The highest BCUT2D eigenvalue weighted by molar-refractivity contribution is 5.95. The van der Waals surface area contributed by atoms with Gasteiger partial charge in [-0.05, 0) is 69.0 Å². The standard InChI is InChI=1S/C23H27N3O2.2C2H6.CH4O/c1-15-11-22(19(5)28)12-16(2)23(15)14-26(24-6)25-17(3)13-20-7-9-21(10-8-20)18(4)27;3*1-2/h7-12H,6,13-14H2,1-5H3;2*1-2H3;2H,1H3/b25-17+;;;. The van der Waals surface area contributed by atoms with E-state index < -0.39 is 0 Å². The van der Waals surface area contributed by atoms with Crippen LogP contribution in [0.1, 0.15) is 91.4 Å². The first-order valence-corrected chi connectivity index (χ1v) is 11.6. The molecule has 0 radical (unpaired) electrons. The van der Waals surface area contributed by atoms with Crippen LogP contribution in [0.25, 0.3) is 0 Å². The van der Waals surface area contributed by atoms with Crippen LogP contribution in [0.2, 0.25) is 0 Å². The van der Waals surface area contributed by atoms with E-state index in [1.54, 1.807) is 19.0 Å². The van der Waals surface area contributed by atoms with Crippen molar-refractivity contribution >= 4 is 24.0 Å². The number of benzene rings is 2. The number of nitrogens with zero attached hydrogens (tertiary/aromatic N) is 3. The van der Waals surface area contributed by atoms with E-state index in [0.29, 0.717) is 24.1 Å². The van der Waals surface area contributed by atoms with E-state index >= 15 is 0 Å². The predicted octanol–water partition coefficient (Wildman–Crippen LogP) is 6.41. The van der Waals surface area contributed by atoms with Gasteiger partial charge in [-0.3, -0.25) is 9.59 Å². The van der Waals surface area contributed by atoms with Crippen molar-refractivity contribution in [2.45, 2.75) is 75.3 Å². The van der Waals surface area contributed by atoms with Crippen LogP contribution in [0.15, 0.2) is 46.6 Å². The molecule has 188 valence electrons. The molecule has 0 fully saturated rings. The Hall–Kier alpha value is -3.12. The minimum Gasteiger partial charge on any atom is -0.400 e. The summed E-state index contributed by atoms with van der Waals surface area (Å²) in [6.45, 7) is 21.2. The molecule has 1 N–H and O–H groups in total. The molecule has 6 nitrogen and oxygen atoms in total. The zero-order chi connectivity index (χ0) is 26.8. The number of rotatable bonds is 8. The van der Waals surface area contributed by atoms with Crippen molar-refractivity contribution in [1.82, 2.24) is 5.12 Å². The lowest BCUT2D eigenvalue weighted by Crippen LogP contribution is -2.15. The monoisotopic (exact) mass is 469 g/mol. The molecule has 6 heteroatoms. The van der Waals surface area contributed by atoms with Gasteiger partial charge in [0.2, 0.25) is 0 Å². The number of carbonyl (C=O) groups is 2. The van der Waals surface area contributed by atoms with E-state index in [-0.39, 0.29) is 11.6 Å². The van der Waals surface area contributed by atoms with Crippen molar-refractivity contribution in [3.8, 4) is 0 Å². The second-order valence-electron chi connectivity index (χ2n) is 7.08. The van der Waals surface area contributed by atoms with E-state index in [9.17, 15) is 9.59 Å². The molecule has 0 saturated carbocycles. The number of hydrazone groups is 2. The van der Waals surface area contributed by atoms with Crippen LogP contribution in [0, 0.1) is 13.8 Å². The summed E-state index contributed by atoms with van der Waals surface area (Å²) in [6.07, 6.45) is 0.658. The minimum absolute atomic E-state index is 0.0560. The van der Waals surface area contributed by atoms with Crippen LogP contribution in [0.3, 0.4) is 0 Å². The third-order valence-electron chi connectivity index (χ3n) is 4.67. The minimum atomic E-state index is 0.0560. The van der Waals surface area contributed by atoms with Crippen molar-refractivity contribution in [3.63, 3.8) is 0 Å². The molecular weight excluding hydrogens is 426 g/mol. The number of Topliss-reactive ketones (excluding diaryl/α,β-unsaturated/α-hetero) is 2. The van der Waals surface area contributed by atoms with Crippen molar-refractivity contribution in [2.24, 2.45) is 10.2 Å². The van der Waals surface area contributed by atoms with Crippen molar-refractivity contribution in [1.29, 1.82) is 0 Å². The molecule has 2 rings (SSSR count). The number of aliphatic hydroxyl groups excluding tert-OH is 1. The Morgan fingerprint density at radius 3 is 1.68 bits per heavy atom. The maximum atomic E-state index is 11.6. The van der Waals surface area contributed by atoms with Crippen LogP contribution in [0.5, 0.6) is 0 Å². The molecule has 0 saturated heterocycles. The summed E-state index contributed by atoms with van der Waals surface area (Å²) in [5.74, 6) is 0.113. The van der Waals surface area contributed by atoms with Gasteiger partial charge in [0.25, 0.3) is 0 Å². The SMILES string of the molecule is C=NN(Cc1c(C)cc(C(C)=O)cc1C)/N=C(\C)Cc1ccc(C(C)=O)cc1.CC.CC.CO. The van der Waals surface area contributed by atoms with Crippen LogP contribution in [-0.2, 0) is 13.0 Å². The zero-order valence-corrected chi connectivity index (χ0v) is 22.7. The number of ketones is 2. The summed E-state index contributed by atoms with van der Waals surface area (Å²) in [6, 6.07) is 11.3. The average molecular weight is 470 g/mol. The maximum Gasteiger partial charge on any atom is 0.159 e. The molecule has 0 unspecified atom stereocenters. The van der Waals surface area contributed by atoms with E-state index in [2.05, 4.69) is 16.9 Å². The average Bonchev–Trinajstić information content (AvgIpc) is 2.84. The second-order valence-corrected chi connectivity index (χ2v) is 7.08. The largest absolute Gasteiger partial charge is 0.400 e. The Bertz CT molecular complexity index is 909. The van der Waals surface area contributed by atoms with Gasteiger partial charge in [-0.25, -0.2) is 0 Å². The number of hydrogen-bond acceptors (Lipinski definition) is 6. The number of aliphatic hydroxyl groups is 1. The quantitative estimate of drug-likeness (QED) is 0.275. The van der Waals surface area contributed by atoms with Crippen LogP contribution in [-0.4, -0.2) is 41.3 Å². The lowest BCUT2D eigenvalue weighted by molar-refractivity contribution is 0.100. The molecule has 0 spiro atoms. The Labute approximate surface area is 206 Å². The van der Waals surface area contributed by atoms with Crippen LogP contribution in [0.4, 0.5) is 0 Å². The highest BCUT2D eigenvalue weighted by Gasteiger charge is 2.11. The summed E-state index contributed by atoms with van der Waals surface area (Å²) in [5.41, 5.74) is 6.53. The van der Waals surface area contributed by atoms with E-state index in [4.69, 9.17) is 5.11 Å². The van der Waals surface area contributed by atoms with Gasteiger partial charge in [-0.1, -0.05) is 52.0 Å². The number of carbonyl (C=O) groups excluding carboxylic acids is 2. The molecule has 2 aromatic rings. The lowest BCUT2D eigenvalue weighted by Gasteiger charge is -2.18. The third kappa shape index (κ3) is 11.1. The Morgan fingerprint density at radius 1 is 0.853 bits per heavy atom. The first-order chi connectivity index (χ1) is 16.2. The number of aryl methyl sites for hydroxylation is 2. The molecule has 0 amide bonds. The fraction of sp³-hybridized carbons (Fsp3) is 0.429. The smallest absolute Gasteiger partial charge is 0.159 e. The summed E-state index contributed by atoms with van der Waals surface area (Å²) in [5, 5.41) is 17.2.